The number of aryl methyl sites for hydroxylation is 1. The molecule has 0 fully saturated rings. The Bertz CT molecular complexity index is 3570. The first-order valence-corrected chi connectivity index (χ1v) is 19.7. The van der Waals surface area contributed by atoms with Crippen molar-refractivity contribution in [3.05, 3.63) is 163 Å². The van der Waals surface area contributed by atoms with E-state index in [0.717, 1.165) is 12.8 Å². The lowest BCUT2D eigenvalue weighted by atomic mass is 9.86. The standard InChI is InChI=1S/C53H36N2/c1-53(2)54-48-25-20-36(34-16-15-31-9-3-4-10-33(31)27-34)29-46(48)43-23-17-32-18-24-44-47-30-37(21-26-49(47)55(53)52(44)50(32)51(43)54)35-19-22-42-40-13-6-5-11-38(40)39-12-7-8-14-41(39)45(42)28-35/h3-4,6-10,12-30H,5,11H2,1-2H3. The van der Waals surface area contributed by atoms with Gasteiger partial charge in [-0.25, -0.2) is 0 Å². The summed E-state index contributed by atoms with van der Waals surface area (Å²) >= 11 is 0. The lowest BCUT2D eigenvalue weighted by molar-refractivity contribution is 0.328. The first kappa shape index (κ1) is 29.8. The molecular weight excluding hydrogens is 665 g/mol. The van der Waals surface area contributed by atoms with Gasteiger partial charge < -0.3 is 9.13 Å². The van der Waals surface area contributed by atoms with Crippen LogP contribution in [0, 0.1) is 0 Å². The number of rotatable bonds is 2. The van der Waals surface area contributed by atoms with Gasteiger partial charge in [-0.1, -0.05) is 121 Å². The third kappa shape index (κ3) is 3.79. The summed E-state index contributed by atoms with van der Waals surface area (Å²) in [5.74, 6) is 0. The Labute approximate surface area is 318 Å². The van der Waals surface area contributed by atoms with E-state index < -0.39 is 0 Å². The van der Waals surface area contributed by atoms with Crippen molar-refractivity contribution in [2.24, 2.45) is 0 Å². The highest BCUT2D eigenvalue weighted by molar-refractivity contribution is 6.29. The summed E-state index contributed by atoms with van der Waals surface area (Å²) in [6, 6.07) is 55.3. The number of benzene rings is 9. The smallest absolute Gasteiger partial charge is 0.116 e. The molecule has 2 nitrogen and oxygen atoms in total. The minimum Gasteiger partial charge on any atom is -0.316 e. The highest BCUT2D eigenvalue weighted by atomic mass is 15.3. The molecule has 0 spiro atoms. The average molecular weight is 701 g/mol. The van der Waals surface area contributed by atoms with E-state index in [0.29, 0.717) is 0 Å². The zero-order valence-corrected chi connectivity index (χ0v) is 30.8. The summed E-state index contributed by atoms with van der Waals surface area (Å²) in [5, 5.41) is 15.9. The monoisotopic (exact) mass is 700 g/mol. The second kappa shape index (κ2) is 10.3. The van der Waals surface area contributed by atoms with Crippen molar-refractivity contribution >= 4 is 92.8 Å². The lowest BCUT2D eigenvalue weighted by Crippen LogP contribution is -2.36. The van der Waals surface area contributed by atoms with Crippen LogP contribution in [0.25, 0.3) is 115 Å². The van der Waals surface area contributed by atoms with Crippen molar-refractivity contribution in [1.29, 1.82) is 0 Å². The van der Waals surface area contributed by atoms with Crippen molar-refractivity contribution in [2.75, 3.05) is 0 Å². The quantitative estimate of drug-likeness (QED) is 0.159. The number of aromatic nitrogens is 2. The highest BCUT2D eigenvalue weighted by Crippen LogP contribution is 2.50. The Balaban J connectivity index is 1.04. The van der Waals surface area contributed by atoms with E-state index in [2.05, 4.69) is 181 Å². The number of fused-ring (bicyclic) bond motifs is 13. The van der Waals surface area contributed by atoms with Crippen LogP contribution in [0.15, 0.2) is 152 Å². The number of nitrogens with zero attached hydrogens (tertiary/aromatic N) is 2. The first-order chi connectivity index (χ1) is 27.0. The third-order valence-corrected chi connectivity index (χ3v) is 13.2. The normalized spacial score (nSPS) is 14.7. The molecule has 0 saturated heterocycles. The minimum atomic E-state index is -0.344. The molecule has 0 amide bonds. The van der Waals surface area contributed by atoms with Gasteiger partial charge in [0.05, 0.1) is 22.1 Å². The van der Waals surface area contributed by atoms with Gasteiger partial charge in [0.2, 0.25) is 0 Å². The van der Waals surface area contributed by atoms with E-state index in [9.17, 15) is 0 Å². The van der Waals surface area contributed by atoms with Crippen molar-refractivity contribution in [1.82, 2.24) is 9.13 Å². The van der Waals surface area contributed by atoms with Gasteiger partial charge in [-0.3, -0.25) is 0 Å². The number of hydrogen-bond acceptors (Lipinski definition) is 0. The Kier molecular flexibility index (Phi) is 5.58. The van der Waals surface area contributed by atoms with Gasteiger partial charge in [-0.15, -0.1) is 0 Å². The molecule has 55 heavy (non-hydrogen) atoms. The second-order valence-corrected chi connectivity index (χ2v) is 16.4. The van der Waals surface area contributed by atoms with E-state index in [1.165, 1.54) is 120 Å². The van der Waals surface area contributed by atoms with Crippen molar-refractivity contribution in [3.8, 4) is 22.3 Å². The highest BCUT2D eigenvalue weighted by Gasteiger charge is 2.35. The minimum absolute atomic E-state index is 0.344. The molecule has 0 N–H and O–H groups in total. The first-order valence-electron chi connectivity index (χ1n) is 19.7. The Hall–Kier alpha value is -6.64. The van der Waals surface area contributed by atoms with Crippen LogP contribution < -0.4 is 0 Å². The molecule has 1 aliphatic carbocycles. The largest absolute Gasteiger partial charge is 0.316 e. The molecule has 2 aliphatic rings. The average Bonchev–Trinajstić information content (AvgIpc) is 3.77. The summed E-state index contributed by atoms with van der Waals surface area (Å²) in [5.41, 5.74) is 12.8. The third-order valence-electron chi connectivity index (χ3n) is 13.2. The molecule has 2 heteroatoms. The van der Waals surface area contributed by atoms with Crippen LogP contribution >= 0.6 is 0 Å². The lowest BCUT2D eigenvalue weighted by Gasteiger charge is -2.36. The van der Waals surface area contributed by atoms with Gasteiger partial charge >= 0.3 is 0 Å². The summed E-state index contributed by atoms with van der Waals surface area (Å²) in [6.45, 7) is 4.79. The fourth-order valence-electron chi connectivity index (χ4n) is 10.7. The molecule has 1 aliphatic heterocycles. The van der Waals surface area contributed by atoms with Gasteiger partial charge in [0.25, 0.3) is 0 Å². The van der Waals surface area contributed by atoms with Crippen LogP contribution in [-0.4, -0.2) is 9.13 Å². The summed E-state index contributed by atoms with van der Waals surface area (Å²) < 4.78 is 5.24. The van der Waals surface area contributed by atoms with Crippen LogP contribution in [0.1, 0.15) is 31.4 Å². The number of allylic oxidation sites excluding steroid dienone is 1. The molecule has 0 unspecified atom stereocenters. The van der Waals surface area contributed by atoms with Crippen LogP contribution in [0.2, 0.25) is 0 Å². The second-order valence-electron chi connectivity index (χ2n) is 16.4. The van der Waals surface area contributed by atoms with Gasteiger partial charge in [0.15, 0.2) is 0 Å². The molecule has 2 aromatic heterocycles. The van der Waals surface area contributed by atoms with Gasteiger partial charge in [0, 0.05) is 26.9 Å². The zero-order valence-electron chi connectivity index (χ0n) is 30.8. The topological polar surface area (TPSA) is 9.86 Å². The van der Waals surface area contributed by atoms with Crippen LogP contribution in [0.5, 0.6) is 0 Å². The van der Waals surface area contributed by atoms with E-state index in [-0.39, 0.29) is 5.66 Å². The fourth-order valence-corrected chi connectivity index (χ4v) is 10.7. The Morgan fingerprint density at radius 2 is 0.982 bits per heavy atom. The SMILES string of the molecule is CC1(C)n2c3ccc(-c4ccc5ccccc5c4)cc3c3ccc4ccc5c6cc(-c7ccc8c9c(c%10ccccc%10c8c7)CCC=C9)ccc6n1c5c4c32. The maximum atomic E-state index is 2.62. The van der Waals surface area contributed by atoms with E-state index in [1.54, 1.807) is 0 Å². The maximum Gasteiger partial charge on any atom is 0.116 e. The fraction of sp³-hybridized carbons (Fsp3) is 0.0943. The predicted octanol–water partition coefficient (Wildman–Crippen LogP) is 14.4. The number of hydrogen-bond donors (Lipinski definition) is 0. The molecule has 0 radical (unpaired) electrons. The van der Waals surface area contributed by atoms with Crippen molar-refractivity contribution < 1.29 is 0 Å². The van der Waals surface area contributed by atoms with E-state index in [1.807, 2.05) is 0 Å². The maximum absolute atomic E-state index is 2.62. The molecule has 11 aromatic rings. The molecule has 13 rings (SSSR count). The summed E-state index contributed by atoms with van der Waals surface area (Å²) in [4.78, 5) is 0. The van der Waals surface area contributed by atoms with Gasteiger partial charge in [0.1, 0.15) is 5.66 Å². The van der Waals surface area contributed by atoms with E-state index >= 15 is 0 Å². The molecule has 0 atom stereocenters. The Morgan fingerprint density at radius 3 is 1.69 bits per heavy atom. The molecule has 0 bridgehead atoms. The Morgan fingerprint density at radius 1 is 0.436 bits per heavy atom. The van der Waals surface area contributed by atoms with Crippen molar-refractivity contribution in [3.63, 3.8) is 0 Å². The van der Waals surface area contributed by atoms with Crippen molar-refractivity contribution in [2.45, 2.75) is 32.4 Å². The molecular formula is C53H36N2. The summed E-state index contributed by atoms with van der Waals surface area (Å²) in [6.07, 6.45) is 6.90. The molecule has 0 saturated carbocycles. The molecule has 258 valence electrons. The van der Waals surface area contributed by atoms with E-state index in [4.69, 9.17) is 0 Å². The van der Waals surface area contributed by atoms with Crippen LogP contribution in [0.4, 0.5) is 0 Å². The molecule has 9 aromatic carbocycles. The summed E-state index contributed by atoms with van der Waals surface area (Å²) in [7, 11) is 0. The van der Waals surface area contributed by atoms with Gasteiger partial charge in [-0.2, -0.15) is 0 Å². The van der Waals surface area contributed by atoms with Crippen LogP contribution in [-0.2, 0) is 12.1 Å². The predicted molar refractivity (Wildman–Crippen MR) is 235 cm³/mol. The van der Waals surface area contributed by atoms with Gasteiger partial charge in [-0.05, 0) is 134 Å². The van der Waals surface area contributed by atoms with Crippen LogP contribution in [0.3, 0.4) is 0 Å². The molecule has 3 heterocycles. The zero-order chi connectivity index (χ0) is 36.2.